The van der Waals surface area contributed by atoms with Crippen molar-refractivity contribution in [1.29, 1.82) is 0 Å². The first-order chi connectivity index (χ1) is 12.8. The van der Waals surface area contributed by atoms with E-state index in [2.05, 4.69) is 0 Å². The van der Waals surface area contributed by atoms with Crippen LogP contribution in [0.4, 0.5) is 4.79 Å². The lowest BCUT2D eigenvalue weighted by molar-refractivity contribution is 0.0163. The fourth-order valence-corrected chi connectivity index (χ4v) is 2.54. The maximum Gasteiger partial charge on any atom is 0.410 e. The summed E-state index contributed by atoms with van der Waals surface area (Å²) < 4.78 is 11.2. The molecule has 0 unspecified atom stereocenters. The summed E-state index contributed by atoms with van der Waals surface area (Å²) in [5.41, 5.74) is 1.56. The van der Waals surface area contributed by atoms with Crippen LogP contribution in [0, 0.1) is 0 Å². The minimum Gasteiger partial charge on any atom is -0.489 e. The van der Waals surface area contributed by atoms with Crippen molar-refractivity contribution in [3.05, 3.63) is 65.7 Å². The summed E-state index contributed by atoms with van der Waals surface area (Å²) in [5.74, 6) is 0.781. The molecule has 1 N–H and O–H groups in total. The number of benzene rings is 2. The van der Waals surface area contributed by atoms with E-state index in [0.717, 1.165) is 16.9 Å². The smallest absolute Gasteiger partial charge is 0.410 e. The van der Waals surface area contributed by atoms with Crippen LogP contribution < -0.4 is 4.74 Å². The molecule has 0 saturated carbocycles. The van der Waals surface area contributed by atoms with Gasteiger partial charge in [-0.3, -0.25) is 0 Å². The van der Waals surface area contributed by atoms with Gasteiger partial charge < -0.3 is 19.5 Å². The number of ether oxygens (including phenoxy) is 2. The Hall–Kier alpha value is -2.53. The molecule has 0 aliphatic rings. The summed E-state index contributed by atoms with van der Waals surface area (Å²) in [4.78, 5) is 13.6. The second-order valence-corrected chi connectivity index (χ2v) is 7.55. The first-order valence-corrected chi connectivity index (χ1v) is 9.11. The van der Waals surface area contributed by atoms with Crippen LogP contribution in [0.1, 0.15) is 31.9 Å². The number of aliphatic hydroxyl groups excluding tert-OH is 1. The minimum absolute atomic E-state index is 0.137. The molecule has 2 aromatic carbocycles. The van der Waals surface area contributed by atoms with Gasteiger partial charge in [0.1, 0.15) is 18.0 Å². The van der Waals surface area contributed by atoms with E-state index in [4.69, 9.17) is 9.47 Å². The first-order valence-electron chi connectivity index (χ1n) is 9.11. The molecule has 146 valence electrons. The molecule has 0 spiro atoms. The number of rotatable bonds is 7. The van der Waals surface area contributed by atoms with Gasteiger partial charge in [-0.25, -0.2) is 4.79 Å². The van der Waals surface area contributed by atoms with E-state index in [1.807, 2.05) is 75.4 Å². The second kappa shape index (κ2) is 9.42. The Bertz CT molecular complexity index is 707. The van der Waals surface area contributed by atoms with E-state index < -0.39 is 11.7 Å². The molecule has 1 atom stereocenters. The van der Waals surface area contributed by atoms with Crippen LogP contribution in [0.3, 0.4) is 0 Å². The van der Waals surface area contributed by atoms with E-state index >= 15 is 0 Å². The molecule has 0 aliphatic heterocycles. The maximum absolute atomic E-state index is 12.2. The highest BCUT2D eigenvalue weighted by atomic mass is 16.6. The number of hydrogen-bond donors (Lipinski definition) is 1. The number of aliphatic hydroxyl groups is 1. The molecule has 0 heterocycles. The highest BCUT2D eigenvalue weighted by Crippen LogP contribution is 2.17. The van der Waals surface area contributed by atoms with Gasteiger partial charge in [0.25, 0.3) is 0 Å². The van der Waals surface area contributed by atoms with Gasteiger partial charge in [-0.1, -0.05) is 42.5 Å². The molecule has 1 amide bonds. The van der Waals surface area contributed by atoms with Crippen molar-refractivity contribution >= 4 is 6.09 Å². The normalized spacial score (nSPS) is 12.3. The van der Waals surface area contributed by atoms with E-state index in [1.54, 1.807) is 7.05 Å². The summed E-state index contributed by atoms with van der Waals surface area (Å²) >= 11 is 0. The molecule has 0 aromatic heterocycles. The molecule has 2 rings (SSSR count). The Balaban J connectivity index is 1.92. The van der Waals surface area contributed by atoms with Crippen LogP contribution in [0.15, 0.2) is 54.6 Å². The lowest BCUT2D eigenvalue weighted by atomic mass is 10.1. The van der Waals surface area contributed by atoms with Gasteiger partial charge in [0, 0.05) is 7.05 Å². The van der Waals surface area contributed by atoms with Crippen LogP contribution in [0.25, 0.3) is 0 Å². The summed E-state index contributed by atoms with van der Waals surface area (Å²) in [7, 11) is 1.65. The van der Waals surface area contributed by atoms with Crippen molar-refractivity contribution < 1.29 is 19.4 Å². The Morgan fingerprint density at radius 2 is 1.67 bits per heavy atom. The number of carbonyl (C=O) groups excluding carboxylic acids is 1. The molecule has 27 heavy (non-hydrogen) atoms. The first kappa shape index (κ1) is 20.8. The molecule has 0 radical (unpaired) electrons. The molecular formula is C22H29NO4. The van der Waals surface area contributed by atoms with Gasteiger partial charge in [-0.2, -0.15) is 0 Å². The number of likely N-dealkylation sites (N-methyl/N-ethyl adjacent to an activating group) is 1. The van der Waals surface area contributed by atoms with E-state index in [0.29, 0.717) is 13.0 Å². The molecule has 0 fully saturated rings. The van der Waals surface area contributed by atoms with Gasteiger partial charge >= 0.3 is 6.09 Å². The van der Waals surface area contributed by atoms with E-state index in [-0.39, 0.29) is 12.6 Å². The van der Waals surface area contributed by atoms with Crippen molar-refractivity contribution in [2.75, 3.05) is 13.7 Å². The largest absolute Gasteiger partial charge is 0.489 e. The predicted octanol–water partition coefficient (Wildman–Crippen LogP) is 4.04. The van der Waals surface area contributed by atoms with E-state index in [9.17, 15) is 9.90 Å². The quantitative estimate of drug-likeness (QED) is 0.798. The summed E-state index contributed by atoms with van der Waals surface area (Å²) in [5, 5.41) is 9.70. The number of hydrogen-bond acceptors (Lipinski definition) is 4. The molecular weight excluding hydrogens is 342 g/mol. The Labute approximate surface area is 161 Å². The fraction of sp³-hybridized carbons (Fsp3) is 0.409. The average molecular weight is 371 g/mol. The predicted molar refractivity (Wildman–Crippen MR) is 106 cm³/mol. The van der Waals surface area contributed by atoms with Crippen molar-refractivity contribution in [2.45, 2.75) is 45.4 Å². The Morgan fingerprint density at radius 3 is 2.22 bits per heavy atom. The van der Waals surface area contributed by atoms with Crippen LogP contribution in [-0.2, 0) is 17.8 Å². The minimum atomic E-state index is -0.566. The van der Waals surface area contributed by atoms with Crippen LogP contribution in [0.5, 0.6) is 5.75 Å². The van der Waals surface area contributed by atoms with Gasteiger partial charge in [-0.05, 0) is 50.5 Å². The van der Waals surface area contributed by atoms with Gasteiger partial charge in [-0.15, -0.1) is 0 Å². The van der Waals surface area contributed by atoms with Gasteiger partial charge in [0.15, 0.2) is 0 Å². The zero-order valence-corrected chi connectivity index (χ0v) is 16.5. The van der Waals surface area contributed by atoms with Crippen molar-refractivity contribution in [3.8, 4) is 5.75 Å². The third-order valence-corrected chi connectivity index (χ3v) is 4.08. The van der Waals surface area contributed by atoms with Crippen LogP contribution in [-0.4, -0.2) is 41.4 Å². The standard InChI is InChI=1S/C22H29NO4/c1-22(2,3)27-21(25)23(4)19(15-24)14-17-10-12-20(13-11-17)26-16-18-8-6-5-7-9-18/h5-13,19,24H,14-16H2,1-4H3/t19-/m0/s1. The second-order valence-electron chi connectivity index (χ2n) is 7.55. The summed E-state index contributed by atoms with van der Waals surface area (Å²) in [6.45, 7) is 5.84. The Kier molecular flexibility index (Phi) is 7.25. The third kappa shape index (κ3) is 6.94. The number of nitrogens with zero attached hydrogens (tertiary/aromatic N) is 1. The van der Waals surface area contributed by atoms with Gasteiger partial charge in [0.2, 0.25) is 0 Å². The summed E-state index contributed by atoms with van der Waals surface area (Å²) in [6, 6.07) is 17.3. The molecule has 0 saturated heterocycles. The highest BCUT2D eigenvalue weighted by molar-refractivity contribution is 5.68. The van der Waals surface area contributed by atoms with Crippen molar-refractivity contribution in [1.82, 2.24) is 4.90 Å². The zero-order valence-electron chi connectivity index (χ0n) is 16.5. The topological polar surface area (TPSA) is 59.0 Å². The van der Waals surface area contributed by atoms with Gasteiger partial charge in [0.05, 0.1) is 12.6 Å². The van der Waals surface area contributed by atoms with Crippen molar-refractivity contribution in [2.24, 2.45) is 0 Å². The zero-order chi connectivity index (χ0) is 19.9. The van der Waals surface area contributed by atoms with E-state index in [1.165, 1.54) is 4.90 Å². The molecule has 2 aromatic rings. The molecule has 5 nitrogen and oxygen atoms in total. The summed E-state index contributed by atoms with van der Waals surface area (Å²) in [6.07, 6.45) is 0.0925. The monoisotopic (exact) mass is 371 g/mol. The fourth-order valence-electron chi connectivity index (χ4n) is 2.54. The SMILES string of the molecule is CN(C(=O)OC(C)(C)C)[C@H](CO)Cc1ccc(OCc2ccccc2)cc1. The lowest BCUT2D eigenvalue weighted by Gasteiger charge is -2.29. The highest BCUT2D eigenvalue weighted by Gasteiger charge is 2.25. The third-order valence-electron chi connectivity index (χ3n) is 4.08. The molecule has 5 heteroatoms. The Morgan fingerprint density at radius 1 is 1.04 bits per heavy atom. The molecule has 0 aliphatic carbocycles. The average Bonchev–Trinajstić information content (AvgIpc) is 2.64. The molecule has 0 bridgehead atoms. The van der Waals surface area contributed by atoms with Crippen LogP contribution in [0.2, 0.25) is 0 Å². The maximum atomic E-state index is 12.2. The lowest BCUT2D eigenvalue weighted by Crippen LogP contribution is -2.43. The number of amides is 1. The number of carbonyl (C=O) groups is 1. The van der Waals surface area contributed by atoms with Crippen LogP contribution >= 0.6 is 0 Å². The van der Waals surface area contributed by atoms with Crippen molar-refractivity contribution in [3.63, 3.8) is 0 Å².